The molecule has 4 amide bonds. The SMILES string of the molecule is CC(=O)N1CCN(C(=O)CN2CN(c3ccccc3)C3(CCN(C(=O)CC(C)(C)C)CC3)C2=O)CC1. The molecule has 3 fully saturated rings. The largest absolute Gasteiger partial charge is 0.342 e. The van der Waals surface area contributed by atoms with Crippen LogP contribution >= 0.6 is 0 Å². The maximum absolute atomic E-state index is 13.9. The molecule has 1 aromatic rings. The van der Waals surface area contributed by atoms with Gasteiger partial charge in [0.2, 0.25) is 17.7 Å². The number of likely N-dealkylation sites (tertiary alicyclic amines) is 1. The number of anilines is 1. The van der Waals surface area contributed by atoms with Gasteiger partial charge in [-0.05, 0) is 30.4 Å². The molecular formula is C27H39N5O4. The molecule has 36 heavy (non-hydrogen) atoms. The molecule has 1 spiro atoms. The van der Waals surface area contributed by atoms with Crippen LogP contribution in [0.4, 0.5) is 5.69 Å². The van der Waals surface area contributed by atoms with Gasteiger partial charge in [-0.3, -0.25) is 19.2 Å². The van der Waals surface area contributed by atoms with Crippen LogP contribution in [-0.4, -0.2) is 101 Å². The summed E-state index contributed by atoms with van der Waals surface area (Å²) in [7, 11) is 0. The van der Waals surface area contributed by atoms with Gasteiger partial charge in [-0.2, -0.15) is 0 Å². The van der Waals surface area contributed by atoms with Crippen LogP contribution in [0, 0.1) is 5.41 Å². The monoisotopic (exact) mass is 497 g/mol. The topological polar surface area (TPSA) is 84.5 Å². The summed E-state index contributed by atoms with van der Waals surface area (Å²) in [4.78, 5) is 60.6. The first-order valence-electron chi connectivity index (χ1n) is 12.9. The Morgan fingerprint density at radius 3 is 1.94 bits per heavy atom. The highest BCUT2D eigenvalue weighted by Crippen LogP contribution is 2.40. The van der Waals surface area contributed by atoms with E-state index in [1.54, 1.807) is 21.6 Å². The summed E-state index contributed by atoms with van der Waals surface area (Å²) >= 11 is 0. The summed E-state index contributed by atoms with van der Waals surface area (Å²) in [5.41, 5.74) is 0.108. The van der Waals surface area contributed by atoms with E-state index in [2.05, 4.69) is 25.7 Å². The first-order chi connectivity index (χ1) is 17.0. The maximum Gasteiger partial charge on any atom is 0.250 e. The number of para-hydroxylation sites is 1. The van der Waals surface area contributed by atoms with Crippen molar-refractivity contribution in [2.75, 3.05) is 57.4 Å². The minimum absolute atomic E-state index is 0.0181. The standard InChI is InChI=1S/C27H39N5O4/c1-21(33)28-14-16-30(17-15-28)24(35)19-31-20-32(22-8-6-5-7-9-22)27(25(31)36)10-12-29(13-11-27)23(34)18-26(2,3)4/h5-9H,10-20H2,1-4H3. The van der Waals surface area contributed by atoms with E-state index in [9.17, 15) is 19.2 Å². The van der Waals surface area contributed by atoms with Gasteiger partial charge < -0.3 is 24.5 Å². The predicted molar refractivity (Wildman–Crippen MR) is 137 cm³/mol. The summed E-state index contributed by atoms with van der Waals surface area (Å²) in [6.07, 6.45) is 1.56. The molecule has 1 aromatic carbocycles. The van der Waals surface area contributed by atoms with Gasteiger partial charge in [0.1, 0.15) is 12.1 Å². The fraction of sp³-hybridized carbons (Fsp3) is 0.630. The Hall–Kier alpha value is -3.10. The molecule has 0 atom stereocenters. The number of nitrogens with zero attached hydrogens (tertiary/aromatic N) is 5. The predicted octanol–water partition coefficient (Wildman–Crippen LogP) is 1.78. The Morgan fingerprint density at radius 1 is 0.833 bits per heavy atom. The van der Waals surface area contributed by atoms with Crippen molar-refractivity contribution >= 4 is 29.3 Å². The Labute approximate surface area is 214 Å². The average Bonchev–Trinajstić information content (AvgIpc) is 3.10. The lowest BCUT2D eigenvalue weighted by molar-refractivity contribution is -0.144. The minimum Gasteiger partial charge on any atom is -0.342 e. The van der Waals surface area contributed by atoms with Crippen LogP contribution in [0.25, 0.3) is 0 Å². The fourth-order valence-electron chi connectivity index (χ4n) is 5.55. The third kappa shape index (κ3) is 5.34. The molecule has 9 heteroatoms. The highest BCUT2D eigenvalue weighted by atomic mass is 16.2. The second-order valence-electron chi connectivity index (χ2n) is 11.4. The fourth-order valence-corrected chi connectivity index (χ4v) is 5.55. The van der Waals surface area contributed by atoms with Crippen LogP contribution in [0.2, 0.25) is 0 Å². The molecular weight excluding hydrogens is 458 g/mol. The normalized spacial score (nSPS) is 20.3. The van der Waals surface area contributed by atoms with E-state index in [0.29, 0.717) is 65.2 Å². The quantitative estimate of drug-likeness (QED) is 0.633. The number of piperazine rings is 1. The lowest BCUT2D eigenvalue weighted by atomic mass is 9.84. The van der Waals surface area contributed by atoms with Crippen molar-refractivity contribution in [2.45, 2.75) is 52.5 Å². The first kappa shape index (κ1) is 26.0. The molecule has 9 nitrogen and oxygen atoms in total. The molecule has 0 N–H and O–H groups in total. The Kier molecular flexibility index (Phi) is 7.29. The van der Waals surface area contributed by atoms with Crippen molar-refractivity contribution in [1.29, 1.82) is 0 Å². The number of rotatable bonds is 4. The number of carbonyl (C=O) groups is 4. The summed E-state index contributed by atoms with van der Waals surface area (Å²) in [6.45, 7) is 11.2. The van der Waals surface area contributed by atoms with Crippen LogP contribution in [0.15, 0.2) is 30.3 Å². The summed E-state index contributed by atoms with van der Waals surface area (Å²) in [5.74, 6) is 0.0229. The average molecular weight is 498 g/mol. The molecule has 0 saturated carbocycles. The lowest BCUT2D eigenvalue weighted by Gasteiger charge is -2.43. The molecule has 4 rings (SSSR count). The minimum atomic E-state index is -0.756. The van der Waals surface area contributed by atoms with Gasteiger partial charge in [-0.1, -0.05) is 39.0 Å². The number of benzene rings is 1. The Balaban J connectivity index is 1.47. The van der Waals surface area contributed by atoms with Crippen molar-refractivity contribution in [3.63, 3.8) is 0 Å². The molecule has 3 saturated heterocycles. The highest BCUT2D eigenvalue weighted by molar-refractivity contribution is 5.96. The van der Waals surface area contributed by atoms with Gasteiger partial charge in [0.15, 0.2) is 0 Å². The van der Waals surface area contributed by atoms with E-state index in [1.807, 2.05) is 35.2 Å². The second-order valence-corrected chi connectivity index (χ2v) is 11.4. The smallest absolute Gasteiger partial charge is 0.250 e. The van der Waals surface area contributed by atoms with Gasteiger partial charge in [0.25, 0.3) is 5.91 Å². The molecule has 3 heterocycles. The van der Waals surface area contributed by atoms with E-state index in [0.717, 1.165) is 5.69 Å². The van der Waals surface area contributed by atoms with E-state index in [-0.39, 0.29) is 35.6 Å². The van der Waals surface area contributed by atoms with Crippen molar-refractivity contribution < 1.29 is 19.2 Å². The second kappa shape index (κ2) is 10.1. The van der Waals surface area contributed by atoms with Crippen LogP contribution in [0.5, 0.6) is 0 Å². The van der Waals surface area contributed by atoms with Crippen LogP contribution in [0.3, 0.4) is 0 Å². The molecule has 0 radical (unpaired) electrons. The summed E-state index contributed by atoms with van der Waals surface area (Å²) in [6, 6.07) is 9.86. The number of piperidine rings is 1. The lowest BCUT2D eigenvalue weighted by Crippen LogP contribution is -2.57. The third-order valence-corrected chi connectivity index (χ3v) is 7.61. The molecule has 0 bridgehead atoms. The third-order valence-electron chi connectivity index (χ3n) is 7.61. The summed E-state index contributed by atoms with van der Waals surface area (Å²) < 4.78 is 0. The van der Waals surface area contributed by atoms with Gasteiger partial charge in [-0.25, -0.2) is 0 Å². The number of carbonyl (C=O) groups excluding carboxylic acids is 4. The molecule has 3 aliphatic rings. The van der Waals surface area contributed by atoms with Gasteiger partial charge in [0.05, 0.1) is 6.67 Å². The number of hydrogen-bond donors (Lipinski definition) is 0. The van der Waals surface area contributed by atoms with Crippen molar-refractivity contribution in [2.24, 2.45) is 5.41 Å². The van der Waals surface area contributed by atoms with Crippen molar-refractivity contribution in [3.8, 4) is 0 Å². The highest BCUT2D eigenvalue weighted by Gasteiger charge is 2.54. The van der Waals surface area contributed by atoms with E-state index in [1.165, 1.54) is 0 Å². The zero-order valence-corrected chi connectivity index (χ0v) is 22.0. The zero-order chi connectivity index (χ0) is 26.1. The molecule has 0 aromatic heterocycles. The summed E-state index contributed by atoms with van der Waals surface area (Å²) in [5, 5.41) is 0. The molecule has 0 aliphatic carbocycles. The van der Waals surface area contributed by atoms with Crippen LogP contribution < -0.4 is 4.90 Å². The van der Waals surface area contributed by atoms with E-state index < -0.39 is 5.54 Å². The molecule has 3 aliphatic heterocycles. The van der Waals surface area contributed by atoms with Crippen LogP contribution in [0.1, 0.15) is 47.0 Å². The molecule has 196 valence electrons. The van der Waals surface area contributed by atoms with E-state index in [4.69, 9.17) is 0 Å². The maximum atomic E-state index is 13.9. The van der Waals surface area contributed by atoms with Gasteiger partial charge in [-0.15, -0.1) is 0 Å². The van der Waals surface area contributed by atoms with Crippen molar-refractivity contribution in [1.82, 2.24) is 19.6 Å². The first-order valence-corrected chi connectivity index (χ1v) is 12.9. The Bertz CT molecular complexity index is 989. The zero-order valence-electron chi connectivity index (χ0n) is 22.0. The number of hydrogen-bond acceptors (Lipinski definition) is 5. The van der Waals surface area contributed by atoms with Crippen LogP contribution in [-0.2, 0) is 19.2 Å². The number of amides is 4. The van der Waals surface area contributed by atoms with Gasteiger partial charge in [0, 0.05) is 58.3 Å². The molecule has 0 unspecified atom stereocenters. The van der Waals surface area contributed by atoms with Gasteiger partial charge >= 0.3 is 0 Å². The Morgan fingerprint density at radius 2 is 1.39 bits per heavy atom. The van der Waals surface area contributed by atoms with Crippen molar-refractivity contribution in [3.05, 3.63) is 30.3 Å². The van der Waals surface area contributed by atoms with E-state index >= 15 is 0 Å².